The highest BCUT2D eigenvalue weighted by molar-refractivity contribution is 7.72. The van der Waals surface area contributed by atoms with Gasteiger partial charge in [-0.25, -0.2) is 4.98 Å². The van der Waals surface area contributed by atoms with Crippen molar-refractivity contribution in [3.05, 3.63) is 18.2 Å². The van der Waals surface area contributed by atoms with Gasteiger partial charge in [-0.1, -0.05) is 0 Å². The average molecular weight is 702 g/mol. The van der Waals surface area contributed by atoms with E-state index in [9.17, 15) is 58.1 Å². The van der Waals surface area contributed by atoms with Gasteiger partial charge in [-0.15, -0.1) is 0 Å². The molecule has 1 amide bonds. The molecule has 0 atom stereocenters. The van der Waals surface area contributed by atoms with Crippen molar-refractivity contribution in [3.8, 4) is 0 Å². The second kappa shape index (κ2) is 18.5. The number of aliphatic carboxylic acids is 1. The van der Waals surface area contributed by atoms with E-state index >= 15 is 0 Å². The van der Waals surface area contributed by atoms with Gasteiger partial charge in [-0.3, -0.25) is 47.9 Å². The number of carbonyl (C=O) groups is 4. The monoisotopic (exact) mass is 701 g/mol. The van der Waals surface area contributed by atoms with E-state index in [-0.39, 0.29) is 45.4 Å². The summed E-state index contributed by atoms with van der Waals surface area (Å²) >= 11 is 0. The zero-order chi connectivity index (χ0) is 34.4. The van der Waals surface area contributed by atoms with Crippen molar-refractivity contribution in [2.45, 2.75) is 18.0 Å². The fourth-order valence-electron chi connectivity index (χ4n) is 4.43. The molecule has 1 saturated heterocycles. The Hall–Kier alpha value is -2.81. The standard InChI is InChI=1S/C23H41N7O14P2/c31-18-43-16-28-7-5-26(3-4-27(13-22(34)35)6-8-29(10-9-28)17-44-19-32)12-21(33)24-2-1-20-11-30(15-25-20)14-23(36,45(37,38)39)46(40,41)42/h11,15,18-19,36H,1-10,12-14,16-17H2,(H,24,33)(H,34,35)(H2,37,38,39)(H2,40,41,42). The molecule has 23 heteroatoms. The fraction of sp³-hybridized carbons (Fsp3) is 0.696. The zero-order valence-corrected chi connectivity index (χ0v) is 26.7. The highest BCUT2D eigenvalue weighted by Gasteiger charge is 2.59. The number of imidazole rings is 1. The van der Waals surface area contributed by atoms with Crippen LogP contribution in [0.4, 0.5) is 0 Å². The van der Waals surface area contributed by atoms with Crippen molar-refractivity contribution in [1.82, 2.24) is 34.5 Å². The van der Waals surface area contributed by atoms with Gasteiger partial charge < -0.3 is 49.1 Å². The third kappa shape index (κ3) is 13.1. The zero-order valence-electron chi connectivity index (χ0n) is 24.9. The predicted octanol–water partition coefficient (Wildman–Crippen LogP) is -3.89. The molecule has 1 aliphatic rings. The van der Waals surface area contributed by atoms with Crippen molar-refractivity contribution in [2.75, 3.05) is 85.5 Å². The lowest BCUT2D eigenvalue weighted by Gasteiger charge is -2.33. The number of nitrogens with zero attached hydrogens (tertiary/aromatic N) is 6. The van der Waals surface area contributed by atoms with Crippen molar-refractivity contribution >= 4 is 40.0 Å². The SMILES string of the molecule is O=COCN1CCN(COC=O)CCN(CC(=O)NCCc2cn(CC(O)(P(=O)(O)O)P(=O)(O)O)cn2)CCN(CC(=O)O)CC1. The molecule has 1 aliphatic heterocycles. The van der Waals surface area contributed by atoms with Crippen LogP contribution in [0.25, 0.3) is 0 Å². The summed E-state index contributed by atoms with van der Waals surface area (Å²) in [6, 6.07) is 0. The Morgan fingerprint density at radius 3 is 1.74 bits per heavy atom. The number of nitrogens with one attached hydrogen (secondary N) is 1. The number of ether oxygens (including phenoxy) is 2. The molecule has 1 fully saturated rings. The molecule has 46 heavy (non-hydrogen) atoms. The van der Waals surface area contributed by atoms with Crippen LogP contribution in [0.5, 0.6) is 0 Å². The summed E-state index contributed by atoms with van der Waals surface area (Å²) in [6.07, 6.45) is 2.38. The fourth-order valence-corrected chi connectivity index (χ4v) is 6.48. The van der Waals surface area contributed by atoms with E-state index < -0.39 is 32.8 Å². The van der Waals surface area contributed by atoms with E-state index in [2.05, 4.69) is 10.3 Å². The third-order valence-electron chi connectivity index (χ3n) is 7.02. The van der Waals surface area contributed by atoms with Gasteiger partial charge in [0.1, 0.15) is 13.5 Å². The van der Waals surface area contributed by atoms with Gasteiger partial charge in [0, 0.05) is 71.5 Å². The van der Waals surface area contributed by atoms with Crippen molar-refractivity contribution in [3.63, 3.8) is 0 Å². The number of rotatable bonds is 17. The molecule has 2 heterocycles. The van der Waals surface area contributed by atoms with E-state index in [1.165, 1.54) is 6.20 Å². The molecule has 21 nitrogen and oxygen atoms in total. The molecule has 0 unspecified atom stereocenters. The van der Waals surface area contributed by atoms with Crippen LogP contribution in [0, 0.1) is 0 Å². The number of carboxylic acid groups (broad SMARTS) is 1. The predicted molar refractivity (Wildman–Crippen MR) is 156 cm³/mol. The first-order valence-electron chi connectivity index (χ1n) is 13.9. The highest BCUT2D eigenvalue weighted by atomic mass is 31.2. The second-order valence-electron chi connectivity index (χ2n) is 10.5. The van der Waals surface area contributed by atoms with Crippen molar-refractivity contribution in [2.24, 2.45) is 0 Å². The quantitative estimate of drug-likeness (QED) is 0.0604. The summed E-state index contributed by atoms with van der Waals surface area (Å²) in [4.78, 5) is 94.2. The summed E-state index contributed by atoms with van der Waals surface area (Å²) in [5.74, 6) is -1.40. The maximum atomic E-state index is 12.8. The Kier molecular flexibility index (Phi) is 15.8. The molecule has 0 aliphatic carbocycles. The first-order valence-corrected chi connectivity index (χ1v) is 17.1. The van der Waals surface area contributed by atoms with Gasteiger partial charge in [-0.05, 0) is 0 Å². The van der Waals surface area contributed by atoms with Crippen LogP contribution in [0.1, 0.15) is 5.69 Å². The van der Waals surface area contributed by atoms with Crippen LogP contribution in [0.15, 0.2) is 12.5 Å². The van der Waals surface area contributed by atoms with E-state index in [4.69, 9.17) is 9.47 Å². The molecule has 0 aromatic carbocycles. The van der Waals surface area contributed by atoms with E-state index in [1.54, 1.807) is 4.90 Å². The van der Waals surface area contributed by atoms with Crippen LogP contribution in [-0.2, 0) is 50.7 Å². The number of aliphatic hydroxyl groups is 1. The Bertz CT molecular complexity index is 1220. The normalized spacial score (nSPS) is 17.4. The van der Waals surface area contributed by atoms with Crippen LogP contribution >= 0.6 is 15.2 Å². The summed E-state index contributed by atoms with van der Waals surface area (Å²) in [5.41, 5.74) is 0.299. The third-order valence-corrected chi connectivity index (χ3v) is 10.7. The number of carbonyl (C=O) groups excluding carboxylic acids is 3. The topological polar surface area (TPSA) is 285 Å². The first-order chi connectivity index (χ1) is 21.6. The Morgan fingerprint density at radius 2 is 1.30 bits per heavy atom. The van der Waals surface area contributed by atoms with Crippen LogP contribution < -0.4 is 5.32 Å². The summed E-state index contributed by atoms with van der Waals surface area (Å²) in [7, 11) is -11.3. The van der Waals surface area contributed by atoms with Gasteiger partial charge >= 0.3 is 21.2 Å². The number of amides is 1. The highest BCUT2D eigenvalue weighted by Crippen LogP contribution is 2.68. The molecule has 1 aromatic rings. The maximum absolute atomic E-state index is 12.8. The lowest BCUT2D eigenvalue weighted by molar-refractivity contribution is -0.139. The van der Waals surface area contributed by atoms with Gasteiger partial charge in [0.25, 0.3) is 18.0 Å². The Balaban J connectivity index is 2.02. The lowest BCUT2D eigenvalue weighted by atomic mass is 10.3. The molecule has 1 aromatic heterocycles. The molecule has 0 bridgehead atoms. The number of aromatic nitrogens is 2. The van der Waals surface area contributed by atoms with Gasteiger partial charge in [-0.2, -0.15) is 0 Å². The average Bonchev–Trinajstić information content (AvgIpc) is 3.40. The minimum atomic E-state index is -5.65. The van der Waals surface area contributed by atoms with Crippen LogP contribution in [0.3, 0.4) is 0 Å². The number of hydrogen-bond acceptors (Lipinski definition) is 14. The summed E-state index contributed by atoms with van der Waals surface area (Å²) < 4.78 is 33.9. The lowest BCUT2D eigenvalue weighted by Crippen LogP contribution is -2.49. The van der Waals surface area contributed by atoms with Gasteiger partial charge in [0.05, 0.1) is 31.7 Å². The summed E-state index contributed by atoms with van der Waals surface area (Å²) in [5, 5.41) is 18.5. The summed E-state index contributed by atoms with van der Waals surface area (Å²) in [6.45, 7) is 2.20. The van der Waals surface area contributed by atoms with E-state index in [0.29, 0.717) is 71.0 Å². The number of hydrogen-bond donors (Lipinski definition) is 7. The Morgan fingerprint density at radius 1 is 0.848 bits per heavy atom. The molecular formula is C23H41N7O14P2. The van der Waals surface area contributed by atoms with E-state index in [0.717, 1.165) is 10.9 Å². The van der Waals surface area contributed by atoms with Crippen molar-refractivity contribution < 1.29 is 67.6 Å². The minimum Gasteiger partial charge on any atom is -0.480 e. The molecule has 0 radical (unpaired) electrons. The van der Waals surface area contributed by atoms with E-state index in [1.807, 2.05) is 14.7 Å². The molecule has 0 saturated carbocycles. The van der Waals surface area contributed by atoms with Crippen LogP contribution in [-0.4, -0.2) is 174 Å². The maximum Gasteiger partial charge on any atom is 0.371 e. The largest absolute Gasteiger partial charge is 0.480 e. The van der Waals surface area contributed by atoms with Gasteiger partial charge in [0.15, 0.2) is 0 Å². The Labute approximate surface area is 264 Å². The van der Waals surface area contributed by atoms with Crippen LogP contribution in [0.2, 0.25) is 0 Å². The molecular weight excluding hydrogens is 660 g/mol. The molecule has 2 rings (SSSR count). The van der Waals surface area contributed by atoms with Crippen molar-refractivity contribution in [1.29, 1.82) is 0 Å². The smallest absolute Gasteiger partial charge is 0.371 e. The second-order valence-corrected chi connectivity index (χ2v) is 14.5. The minimum absolute atomic E-state index is 0.00232. The van der Waals surface area contributed by atoms with Gasteiger partial charge in [0.2, 0.25) is 5.91 Å². The molecule has 7 N–H and O–H groups in total. The number of carboxylic acids is 1. The molecule has 0 spiro atoms. The molecule has 262 valence electrons. The first kappa shape index (κ1) is 39.4.